The van der Waals surface area contributed by atoms with Gasteiger partial charge in [-0.1, -0.05) is 25.1 Å². The molecule has 1 aliphatic rings. The van der Waals surface area contributed by atoms with Crippen molar-refractivity contribution in [1.29, 1.82) is 0 Å². The molecular weight excluding hydrogens is 441 g/mol. The van der Waals surface area contributed by atoms with Crippen molar-refractivity contribution in [3.8, 4) is 0 Å². The maximum absolute atomic E-state index is 12.8. The molecule has 0 unspecified atom stereocenters. The van der Waals surface area contributed by atoms with Gasteiger partial charge in [-0.15, -0.1) is 0 Å². The van der Waals surface area contributed by atoms with Crippen molar-refractivity contribution >= 4 is 21.6 Å². The Hall–Kier alpha value is -2.55. The number of carbonyl (C=O) groups is 1. The molecule has 0 spiro atoms. The quantitative estimate of drug-likeness (QED) is 0.645. The zero-order valence-corrected chi connectivity index (χ0v) is 18.9. The molecule has 1 atom stereocenters. The van der Waals surface area contributed by atoms with Crippen molar-refractivity contribution in [2.45, 2.75) is 51.2 Å². The lowest BCUT2D eigenvalue weighted by atomic mass is 9.89. The van der Waals surface area contributed by atoms with Gasteiger partial charge >= 0.3 is 6.18 Å². The number of aryl methyl sites for hydroxylation is 2. The van der Waals surface area contributed by atoms with E-state index in [0.717, 1.165) is 59.7 Å². The summed E-state index contributed by atoms with van der Waals surface area (Å²) in [5.74, 6) is -0.528. The summed E-state index contributed by atoms with van der Waals surface area (Å²) in [4.78, 5) is 12.7. The van der Waals surface area contributed by atoms with Gasteiger partial charge < -0.3 is 5.32 Å². The third kappa shape index (κ3) is 5.82. The molecule has 1 aliphatic carbocycles. The van der Waals surface area contributed by atoms with E-state index in [2.05, 4.69) is 17.4 Å². The number of carbonyl (C=O) groups excluding carboxylic acids is 1. The molecule has 5 nitrogen and oxygen atoms in total. The topological polar surface area (TPSA) is 66.5 Å². The monoisotopic (exact) mass is 468 g/mol. The summed E-state index contributed by atoms with van der Waals surface area (Å²) < 4.78 is 63.8. The molecule has 0 fully saturated rings. The summed E-state index contributed by atoms with van der Waals surface area (Å²) in [5, 5.41) is 2.87. The van der Waals surface area contributed by atoms with E-state index in [1.54, 1.807) is 0 Å². The number of alkyl halides is 3. The van der Waals surface area contributed by atoms with Crippen LogP contribution in [0.5, 0.6) is 0 Å². The molecule has 0 radical (unpaired) electrons. The number of nitrogens with zero attached hydrogens (tertiary/aromatic N) is 1. The molecule has 9 heteroatoms. The number of benzene rings is 2. The minimum Gasteiger partial charge on any atom is -0.348 e. The summed E-state index contributed by atoms with van der Waals surface area (Å²) >= 11 is 0. The Morgan fingerprint density at radius 1 is 1.06 bits per heavy atom. The minimum absolute atomic E-state index is 0.00233. The molecule has 32 heavy (non-hydrogen) atoms. The second-order valence-electron chi connectivity index (χ2n) is 8.08. The Morgan fingerprint density at radius 3 is 2.25 bits per heavy atom. The van der Waals surface area contributed by atoms with E-state index < -0.39 is 34.2 Å². The molecule has 1 amide bonds. The van der Waals surface area contributed by atoms with Crippen LogP contribution in [0, 0.1) is 0 Å². The second-order valence-corrected chi connectivity index (χ2v) is 9.98. The highest BCUT2D eigenvalue weighted by molar-refractivity contribution is 7.92. The Labute approximate surface area is 186 Å². The molecule has 1 N–H and O–H groups in total. The SMILES string of the molecule is CC[C@H](NC(=O)CN(c1ccc(C(F)(F)F)cc1)S(C)(=O)=O)c1ccc2c(c1)CCCC2. The van der Waals surface area contributed by atoms with Crippen LogP contribution in [0.15, 0.2) is 42.5 Å². The summed E-state index contributed by atoms with van der Waals surface area (Å²) in [6.07, 6.45) is 1.36. The van der Waals surface area contributed by atoms with Crippen LogP contribution in [-0.2, 0) is 33.8 Å². The van der Waals surface area contributed by atoms with E-state index >= 15 is 0 Å². The van der Waals surface area contributed by atoms with E-state index in [4.69, 9.17) is 0 Å². The van der Waals surface area contributed by atoms with E-state index in [1.165, 1.54) is 17.5 Å². The lowest BCUT2D eigenvalue weighted by Crippen LogP contribution is -2.41. The molecule has 0 saturated heterocycles. The van der Waals surface area contributed by atoms with Gasteiger partial charge in [-0.05, 0) is 73.1 Å². The predicted molar refractivity (Wildman–Crippen MR) is 118 cm³/mol. The summed E-state index contributed by atoms with van der Waals surface area (Å²) in [6.45, 7) is 1.40. The van der Waals surface area contributed by atoms with Gasteiger partial charge in [0.15, 0.2) is 0 Å². The summed E-state index contributed by atoms with van der Waals surface area (Å²) in [6, 6.07) is 9.60. The Balaban J connectivity index is 1.76. The summed E-state index contributed by atoms with van der Waals surface area (Å²) in [5.41, 5.74) is 2.67. The molecule has 0 bridgehead atoms. The highest BCUT2D eigenvalue weighted by atomic mass is 32.2. The predicted octanol–water partition coefficient (Wildman–Crippen LogP) is 4.62. The van der Waals surface area contributed by atoms with Gasteiger partial charge in [0.05, 0.1) is 23.5 Å². The van der Waals surface area contributed by atoms with Crippen LogP contribution in [0.2, 0.25) is 0 Å². The van der Waals surface area contributed by atoms with Crippen LogP contribution >= 0.6 is 0 Å². The maximum atomic E-state index is 12.8. The van der Waals surface area contributed by atoms with E-state index in [9.17, 15) is 26.4 Å². The van der Waals surface area contributed by atoms with Crippen LogP contribution in [0.1, 0.15) is 54.5 Å². The average molecular weight is 469 g/mol. The Bertz CT molecular complexity index is 1070. The standard InChI is InChI=1S/C23H27F3N2O3S/c1-3-21(18-9-8-16-6-4-5-7-17(16)14-18)27-22(29)15-28(32(2,30)31)20-12-10-19(11-13-20)23(24,25)26/h8-14,21H,3-7,15H2,1-2H3,(H,27,29)/t21-/m0/s1. The number of hydrogen-bond donors (Lipinski definition) is 1. The van der Waals surface area contributed by atoms with Gasteiger partial charge in [-0.2, -0.15) is 13.2 Å². The number of anilines is 1. The van der Waals surface area contributed by atoms with Gasteiger partial charge in [-0.3, -0.25) is 9.10 Å². The van der Waals surface area contributed by atoms with Gasteiger partial charge in [0, 0.05) is 0 Å². The average Bonchev–Trinajstić information content (AvgIpc) is 2.74. The molecule has 0 aromatic heterocycles. The van der Waals surface area contributed by atoms with Crippen molar-refractivity contribution in [3.05, 3.63) is 64.7 Å². The number of sulfonamides is 1. The third-order valence-electron chi connectivity index (χ3n) is 5.69. The number of nitrogens with one attached hydrogen (secondary N) is 1. The fraction of sp³-hybridized carbons (Fsp3) is 0.435. The highest BCUT2D eigenvalue weighted by Crippen LogP contribution is 2.31. The van der Waals surface area contributed by atoms with Crippen molar-refractivity contribution in [3.63, 3.8) is 0 Å². The molecular formula is C23H27F3N2O3S. The van der Waals surface area contributed by atoms with Gasteiger partial charge in [0.1, 0.15) is 6.54 Å². The molecule has 2 aromatic carbocycles. The zero-order chi connectivity index (χ0) is 23.5. The van der Waals surface area contributed by atoms with Gasteiger partial charge in [0.2, 0.25) is 15.9 Å². The largest absolute Gasteiger partial charge is 0.416 e. The van der Waals surface area contributed by atoms with Crippen molar-refractivity contribution < 1.29 is 26.4 Å². The molecule has 174 valence electrons. The fourth-order valence-electron chi connectivity index (χ4n) is 3.98. The smallest absolute Gasteiger partial charge is 0.348 e. The minimum atomic E-state index is -4.53. The number of fused-ring (bicyclic) bond motifs is 1. The first-order valence-electron chi connectivity index (χ1n) is 10.5. The van der Waals surface area contributed by atoms with Gasteiger partial charge in [-0.25, -0.2) is 8.42 Å². The molecule has 3 rings (SSSR count). The molecule has 2 aromatic rings. The maximum Gasteiger partial charge on any atom is 0.416 e. The fourth-order valence-corrected chi connectivity index (χ4v) is 4.83. The normalized spacial score (nSPS) is 15.0. The lowest BCUT2D eigenvalue weighted by molar-refractivity contribution is -0.137. The zero-order valence-electron chi connectivity index (χ0n) is 18.1. The van der Waals surface area contributed by atoms with E-state index in [-0.39, 0.29) is 11.7 Å². The number of amides is 1. The van der Waals surface area contributed by atoms with Crippen LogP contribution in [-0.4, -0.2) is 27.1 Å². The first-order valence-corrected chi connectivity index (χ1v) is 12.4. The van der Waals surface area contributed by atoms with Crippen LogP contribution < -0.4 is 9.62 Å². The van der Waals surface area contributed by atoms with Crippen molar-refractivity contribution in [2.24, 2.45) is 0 Å². The Kier molecular flexibility index (Phi) is 7.17. The number of rotatable bonds is 7. The first-order chi connectivity index (χ1) is 15.0. The summed E-state index contributed by atoms with van der Waals surface area (Å²) in [7, 11) is -3.89. The number of halogens is 3. The van der Waals surface area contributed by atoms with Crippen LogP contribution in [0.4, 0.5) is 18.9 Å². The third-order valence-corrected chi connectivity index (χ3v) is 6.83. The van der Waals surface area contributed by atoms with Gasteiger partial charge in [0.25, 0.3) is 0 Å². The molecule has 0 aliphatic heterocycles. The first kappa shape index (κ1) is 24.1. The second kappa shape index (κ2) is 9.52. The molecule has 0 heterocycles. The lowest BCUT2D eigenvalue weighted by Gasteiger charge is -2.25. The van der Waals surface area contributed by atoms with E-state index in [1.807, 2.05) is 13.0 Å². The van der Waals surface area contributed by atoms with E-state index in [0.29, 0.717) is 6.42 Å². The van der Waals surface area contributed by atoms with Crippen molar-refractivity contribution in [1.82, 2.24) is 5.32 Å². The molecule has 0 saturated carbocycles. The highest BCUT2D eigenvalue weighted by Gasteiger charge is 2.31. The van der Waals surface area contributed by atoms with Crippen LogP contribution in [0.25, 0.3) is 0 Å². The Morgan fingerprint density at radius 2 is 1.69 bits per heavy atom. The van der Waals surface area contributed by atoms with Crippen LogP contribution in [0.3, 0.4) is 0 Å². The van der Waals surface area contributed by atoms with Crippen molar-refractivity contribution in [2.75, 3.05) is 17.1 Å². The number of hydrogen-bond acceptors (Lipinski definition) is 3.